The standard InChI is InChI=1S/C19H18N6O/c1-20-19(26)15-7-3-9-21-18(15)23-14-6-2-5-13(11-14)16-12-25-17(24-16)8-4-10-22-25/h2-9,11-12,22H,10H2,1H3,(H,20,26)(H,21,23). The highest BCUT2D eigenvalue weighted by Crippen LogP contribution is 2.25. The lowest BCUT2D eigenvalue weighted by Crippen LogP contribution is -2.19. The van der Waals surface area contributed by atoms with Crippen LogP contribution < -0.4 is 16.1 Å². The van der Waals surface area contributed by atoms with Gasteiger partial charge in [0.2, 0.25) is 0 Å². The first kappa shape index (κ1) is 15.9. The molecule has 0 unspecified atom stereocenters. The van der Waals surface area contributed by atoms with Gasteiger partial charge in [0.1, 0.15) is 5.82 Å². The Morgan fingerprint density at radius 3 is 3.04 bits per heavy atom. The molecule has 7 nitrogen and oxygen atoms in total. The molecule has 2 aromatic heterocycles. The molecule has 0 saturated carbocycles. The van der Waals surface area contributed by atoms with Gasteiger partial charge in [0, 0.05) is 31.0 Å². The second kappa shape index (κ2) is 6.72. The summed E-state index contributed by atoms with van der Waals surface area (Å²) in [7, 11) is 1.60. The number of nitrogens with zero attached hydrogens (tertiary/aromatic N) is 3. The Morgan fingerprint density at radius 2 is 2.19 bits per heavy atom. The van der Waals surface area contributed by atoms with Crippen LogP contribution in [0.1, 0.15) is 16.2 Å². The Kier molecular flexibility index (Phi) is 4.10. The van der Waals surface area contributed by atoms with Crippen LogP contribution in [0.5, 0.6) is 0 Å². The van der Waals surface area contributed by atoms with Crippen LogP contribution in [-0.4, -0.2) is 34.1 Å². The highest BCUT2D eigenvalue weighted by Gasteiger charge is 2.12. The summed E-state index contributed by atoms with van der Waals surface area (Å²) >= 11 is 0. The van der Waals surface area contributed by atoms with Gasteiger partial charge in [0.15, 0.2) is 5.82 Å². The Balaban J connectivity index is 1.64. The number of rotatable bonds is 4. The van der Waals surface area contributed by atoms with E-state index in [9.17, 15) is 4.79 Å². The van der Waals surface area contributed by atoms with Gasteiger partial charge in [0.05, 0.1) is 17.5 Å². The van der Waals surface area contributed by atoms with Gasteiger partial charge in [-0.3, -0.25) is 4.79 Å². The molecular weight excluding hydrogens is 328 g/mol. The molecule has 130 valence electrons. The Morgan fingerprint density at radius 1 is 1.27 bits per heavy atom. The maximum Gasteiger partial charge on any atom is 0.254 e. The molecular formula is C19H18N6O. The van der Waals surface area contributed by atoms with Crippen molar-refractivity contribution in [3.8, 4) is 11.3 Å². The Bertz CT molecular complexity index is 991. The molecule has 0 fully saturated rings. The fourth-order valence-corrected chi connectivity index (χ4v) is 2.81. The van der Waals surface area contributed by atoms with Gasteiger partial charge in [-0.05, 0) is 30.3 Å². The molecule has 0 atom stereocenters. The van der Waals surface area contributed by atoms with E-state index in [2.05, 4.69) is 26.0 Å². The summed E-state index contributed by atoms with van der Waals surface area (Å²) in [4.78, 5) is 20.9. The van der Waals surface area contributed by atoms with Crippen LogP contribution in [0.3, 0.4) is 0 Å². The number of benzene rings is 1. The predicted octanol–water partition coefficient (Wildman–Crippen LogP) is 2.62. The Labute approximate surface area is 150 Å². The number of carbonyl (C=O) groups is 1. The normalized spacial score (nSPS) is 12.2. The van der Waals surface area contributed by atoms with Crippen molar-refractivity contribution in [2.45, 2.75) is 0 Å². The number of hydrogen-bond acceptors (Lipinski definition) is 5. The van der Waals surface area contributed by atoms with Gasteiger partial charge in [0.25, 0.3) is 5.91 Å². The first-order valence-electron chi connectivity index (χ1n) is 8.29. The van der Waals surface area contributed by atoms with Gasteiger partial charge >= 0.3 is 0 Å². The molecule has 1 aromatic carbocycles. The van der Waals surface area contributed by atoms with E-state index in [1.807, 2.05) is 47.3 Å². The zero-order chi connectivity index (χ0) is 17.9. The second-order valence-electron chi connectivity index (χ2n) is 5.80. The summed E-state index contributed by atoms with van der Waals surface area (Å²) in [5, 5.41) is 5.85. The van der Waals surface area contributed by atoms with Crippen LogP contribution >= 0.6 is 0 Å². The van der Waals surface area contributed by atoms with Crippen LogP contribution in [0.25, 0.3) is 17.3 Å². The van der Waals surface area contributed by atoms with Crippen LogP contribution in [0.2, 0.25) is 0 Å². The number of carbonyl (C=O) groups excluding carboxylic acids is 1. The molecule has 4 rings (SSSR count). The summed E-state index contributed by atoms with van der Waals surface area (Å²) in [6.07, 6.45) is 7.64. The fourth-order valence-electron chi connectivity index (χ4n) is 2.81. The molecule has 1 amide bonds. The van der Waals surface area contributed by atoms with Gasteiger partial charge in [-0.1, -0.05) is 18.2 Å². The molecule has 0 radical (unpaired) electrons. The number of fused-ring (bicyclic) bond motifs is 1. The largest absolute Gasteiger partial charge is 0.355 e. The molecule has 3 N–H and O–H groups in total. The molecule has 0 aliphatic carbocycles. The van der Waals surface area contributed by atoms with E-state index >= 15 is 0 Å². The average molecular weight is 346 g/mol. The second-order valence-corrected chi connectivity index (χ2v) is 5.80. The molecule has 3 aromatic rings. The van der Waals surface area contributed by atoms with Crippen LogP contribution in [0.15, 0.2) is 54.9 Å². The first-order chi connectivity index (χ1) is 12.7. The topological polar surface area (TPSA) is 83.9 Å². The van der Waals surface area contributed by atoms with E-state index < -0.39 is 0 Å². The average Bonchev–Trinajstić information content (AvgIpc) is 3.12. The van der Waals surface area contributed by atoms with Crippen molar-refractivity contribution in [1.82, 2.24) is 20.0 Å². The number of imidazole rings is 1. The van der Waals surface area contributed by atoms with Crippen molar-refractivity contribution in [2.24, 2.45) is 0 Å². The summed E-state index contributed by atoms with van der Waals surface area (Å²) in [5.41, 5.74) is 6.40. The first-order valence-corrected chi connectivity index (χ1v) is 8.29. The number of amides is 1. The van der Waals surface area contributed by atoms with Gasteiger partial charge in [-0.25, -0.2) is 14.6 Å². The number of anilines is 2. The lowest BCUT2D eigenvalue weighted by Gasteiger charge is -2.10. The summed E-state index contributed by atoms with van der Waals surface area (Å²) in [6, 6.07) is 11.3. The molecule has 3 heterocycles. The molecule has 1 aliphatic rings. The van der Waals surface area contributed by atoms with Crippen LogP contribution in [0.4, 0.5) is 11.5 Å². The molecule has 26 heavy (non-hydrogen) atoms. The van der Waals surface area contributed by atoms with E-state index in [1.54, 1.807) is 25.4 Å². The lowest BCUT2D eigenvalue weighted by atomic mass is 10.1. The van der Waals surface area contributed by atoms with E-state index in [1.165, 1.54) is 0 Å². The van der Waals surface area contributed by atoms with Crippen LogP contribution in [0, 0.1) is 0 Å². The minimum absolute atomic E-state index is 0.184. The molecule has 1 aliphatic heterocycles. The smallest absolute Gasteiger partial charge is 0.254 e. The summed E-state index contributed by atoms with van der Waals surface area (Å²) < 4.78 is 1.91. The highest BCUT2D eigenvalue weighted by atomic mass is 16.1. The quantitative estimate of drug-likeness (QED) is 0.676. The SMILES string of the molecule is CNC(=O)c1cccnc1Nc1cccc(-c2cn3c(n2)C=CCN3)c1. The number of nitrogens with one attached hydrogen (secondary N) is 3. The summed E-state index contributed by atoms with van der Waals surface area (Å²) in [6.45, 7) is 0.784. The number of aromatic nitrogens is 3. The number of pyridine rings is 1. The molecule has 0 saturated heterocycles. The van der Waals surface area contributed by atoms with Gasteiger partial charge in [-0.2, -0.15) is 0 Å². The maximum atomic E-state index is 12.0. The van der Waals surface area contributed by atoms with Gasteiger partial charge < -0.3 is 16.1 Å². The van der Waals surface area contributed by atoms with Crippen LogP contribution in [-0.2, 0) is 0 Å². The van der Waals surface area contributed by atoms with Crippen molar-refractivity contribution in [1.29, 1.82) is 0 Å². The zero-order valence-electron chi connectivity index (χ0n) is 14.2. The van der Waals surface area contributed by atoms with Crippen molar-refractivity contribution in [3.63, 3.8) is 0 Å². The fraction of sp³-hybridized carbons (Fsp3) is 0.105. The van der Waals surface area contributed by atoms with E-state index in [0.717, 1.165) is 29.3 Å². The van der Waals surface area contributed by atoms with Crippen molar-refractivity contribution in [3.05, 3.63) is 66.3 Å². The molecule has 0 spiro atoms. The van der Waals surface area contributed by atoms with E-state index in [-0.39, 0.29) is 5.91 Å². The predicted molar refractivity (Wildman–Crippen MR) is 102 cm³/mol. The zero-order valence-corrected chi connectivity index (χ0v) is 14.2. The third kappa shape index (κ3) is 3.02. The molecule has 0 bridgehead atoms. The lowest BCUT2D eigenvalue weighted by molar-refractivity contribution is 0.0963. The van der Waals surface area contributed by atoms with E-state index in [0.29, 0.717) is 11.4 Å². The minimum atomic E-state index is -0.184. The monoisotopic (exact) mass is 346 g/mol. The number of hydrogen-bond donors (Lipinski definition) is 3. The minimum Gasteiger partial charge on any atom is -0.355 e. The maximum absolute atomic E-state index is 12.0. The highest BCUT2D eigenvalue weighted by molar-refractivity contribution is 5.99. The molecule has 7 heteroatoms. The third-order valence-corrected chi connectivity index (χ3v) is 4.08. The van der Waals surface area contributed by atoms with Crippen molar-refractivity contribution >= 4 is 23.5 Å². The van der Waals surface area contributed by atoms with Gasteiger partial charge in [-0.15, -0.1) is 0 Å². The Hall–Kier alpha value is -3.61. The summed E-state index contributed by atoms with van der Waals surface area (Å²) in [5.74, 6) is 1.20. The van der Waals surface area contributed by atoms with Crippen molar-refractivity contribution in [2.75, 3.05) is 24.3 Å². The van der Waals surface area contributed by atoms with Crippen molar-refractivity contribution < 1.29 is 4.79 Å². The third-order valence-electron chi connectivity index (χ3n) is 4.08. The van der Waals surface area contributed by atoms with E-state index in [4.69, 9.17) is 0 Å².